The second-order valence-corrected chi connectivity index (χ2v) is 6.31. The Kier molecular flexibility index (Phi) is 4.07. The fraction of sp³-hybridized carbons (Fsp3) is 0.368. The van der Waals surface area contributed by atoms with Crippen molar-refractivity contribution in [1.29, 1.82) is 0 Å². The van der Waals surface area contributed by atoms with Crippen molar-refractivity contribution in [1.82, 2.24) is 14.6 Å². The fourth-order valence-corrected chi connectivity index (χ4v) is 3.27. The van der Waals surface area contributed by atoms with Crippen molar-refractivity contribution in [2.24, 2.45) is 5.10 Å². The van der Waals surface area contributed by atoms with Crippen LogP contribution in [-0.2, 0) is 0 Å². The van der Waals surface area contributed by atoms with Gasteiger partial charge in [-0.25, -0.2) is 4.98 Å². The Morgan fingerprint density at radius 3 is 2.62 bits per heavy atom. The molecule has 1 fully saturated rings. The van der Waals surface area contributed by atoms with Crippen LogP contribution in [0.1, 0.15) is 37.0 Å². The van der Waals surface area contributed by atoms with Crippen molar-refractivity contribution in [2.45, 2.75) is 32.6 Å². The largest absolute Gasteiger partial charge is 0.452 e. The smallest absolute Gasteiger partial charge is 0.201 e. The number of hydrogen-bond acceptors (Lipinski definition) is 4. The molecule has 5 heteroatoms. The molecule has 0 radical (unpaired) electrons. The summed E-state index contributed by atoms with van der Waals surface area (Å²) in [5.41, 5.74) is 2.02. The summed E-state index contributed by atoms with van der Waals surface area (Å²) in [6.45, 7) is 4.09. The molecule has 3 heterocycles. The van der Waals surface area contributed by atoms with E-state index in [0.29, 0.717) is 0 Å². The summed E-state index contributed by atoms with van der Waals surface area (Å²) in [6, 6.07) is 8.13. The highest BCUT2D eigenvalue weighted by Gasteiger charge is 2.19. The first-order valence-electron chi connectivity index (χ1n) is 8.63. The molecule has 0 amide bonds. The number of hydrazone groups is 1. The van der Waals surface area contributed by atoms with Gasteiger partial charge in [-0.1, -0.05) is 31.0 Å². The van der Waals surface area contributed by atoms with E-state index in [-0.39, 0.29) is 0 Å². The zero-order valence-electron chi connectivity index (χ0n) is 14.0. The normalized spacial score (nSPS) is 16.5. The van der Waals surface area contributed by atoms with E-state index in [2.05, 4.69) is 23.0 Å². The average molecular weight is 322 g/mol. The Balaban J connectivity index is 1.81. The molecule has 3 aromatic rings. The van der Waals surface area contributed by atoms with Gasteiger partial charge in [0.2, 0.25) is 5.84 Å². The van der Waals surface area contributed by atoms with Gasteiger partial charge >= 0.3 is 0 Å². The minimum Gasteiger partial charge on any atom is -0.452 e. The van der Waals surface area contributed by atoms with Gasteiger partial charge in [-0.15, -0.1) is 0 Å². The van der Waals surface area contributed by atoms with Gasteiger partial charge in [0.15, 0.2) is 5.76 Å². The molecule has 0 bridgehead atoms. The van der Waals surface area contributed by atoms with Crippen molar-refractivity contribution in [3.63, 3.8) is 0 Å². The Bertz CT molecular complexity index is 840. The van der Waals surface area contributed by atoms with E-state index >= 15 is 0 Å². The maximum atomic E-state index is 6.15. The molecule has 124 valence electrons. The van der Waals surface area contributed by atoms with Gasteiger partial charge in [-0.3, -0.25) is 9.58 Å². The first kappa shape index (κ1) is 15.0. The van der Waals surface area contributed by atoms with Gasteiger partial charge < -0.3 is 4.42 Å². The van der Waals surface area contributed by atoms with Crippen molar-refractivity contribution in [3.05, 3.63) is 54.3 Å². The van der Waals surface area contributed by atoms with Crippen LogP contribution in [0.15, 0.2) is 52.5 Å². The number of aryl methyl sites for hydroxylation is 1. The number of nitrogens with zero attached hydrogens (tertiary/aromatic N) is 4. The maximum absolute atomic E-state index is 6.15. The van der Waals surface area contributed by atoms with Crippen LogP contribution >= 0.6 is 0 Å². The Morgan fingerprint density at radius 1 is 1.12 bits per heavy atom. The van der Waals surface area contributed by atoms with Crippen LogP contribution in [0, 0.1) is 6.92 Å². The van der Waals surface area contributed by atoms with Crippen LogP contribution in [0.5, 0.6) is 0 Å². The lowest BCUT2D eigenvalue weighted by molar-refractivity contribution is 0.299. The van der Waals surface area contributed by atoms with Gasteiger partial charge in [0.1, 0.15) is 11.9 Å². The van der Waals surface area contributed by atoms with Crippen molar-refractivity contribution in [3.8, 4) is 0 Å². The Hall–Kier alpha value is -2.56. The van der Waals surface area contributed by atoms with Crippen LogP contribution < -0.4 is 0 Å². The highest BCUT2D eigenvalue weighted by molar-refractivity contribution is 6.03. The first-order valence-corrected chi connectivity index (χ1v) is 8.63. The van der Waals surface area contributed by atoms with Gasteiger partial charge in [-0.2, -0.15) is 5.10 Å². The van der Waals surface area contributed by atoms with Gasteiger partial charge in [0, 0.05) is 36.4 Å². The fourth-order valence-electron chi connectivity index (χ4n) is 3.27. The maximum Gasteiger partial charge on any atom is 0.201 e. The molecule has 1 aromatic carbocycles. The van der Waals surface area contributed by atoms with E-state index in [1.165, 1.54) is 25.7 Å². The number of fused-ring (bicyclic) bond motifs is 1. The molecule has 4 rings (SSSR count). The third-order valence-corrected chi connectivity index (χ3v) is 4.61. The average Bonchev–Trinajstić information content (AvgIpc) is 3.16. The van der Waals surface area contributed by atoms with Crippen molar-refractivity contribution < 1.29 is 4.42 Å². The Labute approximate surface area is 141 Å². The predicted octanol–water partition coefficient (Wildman–Crippen LogP) is 4.02. The summed E-state index contributed by atoms with van der Waals surface area (Å²) in [6.07, 6.45) is 10.4. The number of rotatable bonds is 2. The zero-order chi connectivity index (χ0) is 16.4. The predicted molar refractivity (Wildman–Crippen MR) is 95.2 cm³/mol. The van der Waals surface area contributed by atoms with E-state index in [0.717, 1.165) is 41.2 Å². The van der Waals surface area contributed by atoms with Crippen LogP contribution in [0.3, 0.4) is 0 Å². The number of hydrogen-bond donors (Lipinski definition) is 0. The van der Waals surface area contributed by atoms with Gasteiger partial charge in [-0.05, 0) is 25.8 Å². The lowest BCUT2D eigenvalue weighted by Crippen LogP contribution is -2.24. The summed E-state index contributed by atoms with van der Waals surface area (Å²) >= 11 is 0. The highest BCUT2D eigenvalue weighted by Crippen LogP contribution is 2.26. The van der Waals surface area contributed by atoms with E-state index in [4.69, 9.17) is 9.52 Å². The van der Waals surface area contributed by atoms with E-state index < -0.39 is 0 Å². The van der Waals surface area contributed by atoms with Crippen molar-refractivity contribution in [2.75, 3.05) is 13.1 Å². The van der Waals surface area contributed by atoms with Gasteiger partial charge in [0.25, 0.3) is 0 Å². The molecule has 2 aromatic heterocycles. The molecule has 0 saturated carbocycles. The second kappa shape index (κ2) is 6.51. The molecule has 1 aliphatic heterocycles. The Morgan fingerprint density at radius 2 is 1.92 bits per heavy atom. The molecule has 0 atom stereocenters. The van der Waals surface area contributed by atoms with Crippen LogP contribution in [-0.4, -0.2) is 33.5 Å². The van der Waals surface area contributed by atoms with E-state index in [1.807, 2.05) is 29.0 Å². The lowest BCUT2D eigenvalue weighted by atomic mass is 10.1. The first-order chi connectivity index (χ1) is 11.8. The number of benzene rings is 1. The van der Waals surface area contributed by atoms with Crippen LogP contribution in [0.4, 0.5) is 0 Å². The topological polar surface area (TPSA) is 46.6 Å². The van der Waals surface area contributed by atoms with E-state index in [9.17, 15) is 0 Å². The van der Waals surface area contributed by atoms with Crippen LogP contribution in [0.25, 0.3) is 11.0 Å². The lowest BCUT2D eigenvalue weighted by Gasteiger charge is -2.18. The zero-order valence-corrected chi connectivity index (χ0v) is 14.0. The minimum absolute atomic E-state index is 0.808. The molecule has 1 saturated heterocycles. The molecule has 24 heavy (non-hydrogen) atoms. The summed E-state index contributed by atoms with van der Waals surface area (Å²) in [5.74, 6) is 1.63. The highest BCUT2D eigenvalue weighted by atomic mass is 16.3. The molecule has 0 unspecified atom stereocenters. The third-order valence-electron chi connectivity index (χ3n) is 4.61. The number of para-hydroxylation sites is 1. The quantitative estimate of drug-likeness (QED) is 0.529. The SMILES string of the molecule is Cc1c(C(=NN2CCCCCC2)n2ccnc2)oc2ccccc12. The van der Waals surface area contributed by atoms with E-state index in [1.54, 1.807) is 12.5 Å². The molecule has 5 nitrogen and oxygen atoms in total. The second-order valence-electron chi connectivity index (χ2n) is 6.31. The van der Waals surface area contributed by atoms with Crippen molar-refractivity contribution >= 4 is 16.8 Å². The minimum atomic E-state index is 0.808. The molecule has 1 aliphatic rings. The van der Waals surface area contributed by atoms with Crippen LogP contribution in [0.2, 0.25) is 0 Å². The monoisotopic (exact) mass is 322 g/mol. The number of furan rings is 1. The standard InChI is InChI=1S/C19H22N4O/c1-15-16-8-4-5-9-17(16)24-18(15)19(22-13-10-20-14-22)21-23-11-6-2-3-7-12-23/h4-5,8-10,13-14H,2-3,6-7,11-12H2,1H3. The van der Waals surface area contributed by atoms with Gasteiger partial charge in [0.05, 0.1) is 0 Å². The molecule has 0 N–H and O–H groups in total. The summed E-state index contributed by atoms with van der Waals surface area (Å²) in [7, 11) is 0. The molecule has 0 spiro atoms. The summed E-state index contributed by atoms with van der Waals surface area (Å²) in [5, 5.41) is 8.25. The number of aromatic nitrogens is 2. The molecule has 0 aliphatic carbocycles. The summed E-state index contributed by atoms with van der Waals surface area (Å²) in [4.78, 5) is 4.19. The molecular formula is C19H22N4O. The molecular weight excluding hydrogens is 300 g/mol. The number of imidazole rings is 1. The third kappa shape index (κ3) is 2.82. The summed E-state index contributed by atoms with van der Waals surface area (Å²) < 4.78 is 8.09.